The Balaban J connectivity index is 1.53. The van der Waals surface area contributed by atoms with Gasteiger partial charge in [-0.25, -0.2) is 4.79 Å². The van der Waals surface area contributed by atoms with Gasteiger partial charge in [-0.05, 0) is 23.8 Å². The molecule has 192 valence electrons. The summed E-state index contributed by atoms with van der Waals surface area (Å²) >= 11 is 0. The highest BCUT2D eigenvalue weighted by Crippen LogP contribution is 2.36. The van der Waals surface area contributed by atoms with E-state index in [1.165, 1.54) is 27.2 Å². The highest BCUT2D eigenvalue weighted by atomic mass is 16.7. The summed E-state index contributed by atoms with van der Waals surface area (Å²) in [6.07, 6.45) is -1.40. The summed E-state index contributed by atoms with van der Waals surface area (Å²) in [5, 5.41) is 13.9. The minimum Gasteiger partial charge on any atom is -0.493 e. The molecule has 6 atom stereocenters. The van der Waals surface area contributed by atoms with Gasteiger partial charge < -0.3 is 38.8 Å². The summed E-state index contributed by atoms with van der Waals surface area (Å²) in [4.78, 5) is 23.3. The summed E-state index contributed by atoms with van der Waals surface area (Å²) in [6.45, 7) is 1.50. The first-order valence-electron chi connectivity index (χ1n) is 11.4. The zero-order valence-electron chi connectivity index (χ0n) is 20.2. The zero-order valence-corrected chi connectivity index (χ0v) is 20.2. The predicted octanol–water partition coefficient (Wildman–Crippen LogP) is 1.96. The van der Waals surface area contributed by atoms with E-state index in [-0.39, 0.29) is 12.5 Å². The molecule has 2 aromatic carbocycles. The highest BCUT2D eigenvalue weighted by Gasteiger charge is 2.50. The van der Waals surface area contributed by atoms with Crippen LogP contribution in [0, 0.1) is 0 Å². The number of carbonyl (C=O) groups excluding carboxylic acids is 2. The molecule has 0 aliphatic carbocycles. The number of hydrogen-bond donors (Lipinski definition) is 2. The molecule has 0 aromatic heterocycles. The third-order valence-corrected chi connectivity index (χ3v) is 5.85. The van der Waals surface area contributed by atoms with Gasteiger partial charge in [0.15, 0.2) is 17.8 Å². The van der Waals surface area contributed by atoms with Gasteiger partial charge >= 0.3 is 5.97 Å². The maximum absolute atomic E-state index is 12.0. The lowest BCUT2D eigenvalue weighted by atomic mass is 9.95. The normalized spacial score (nSPS) is 27.7. The topological polar surface area (TPSA) is 122 Å². The maximum Gasteiger partial charge on any atom is 0.330 e. The van der Waals surface area contributed by atoms with Crippen LogP contribution in [0.3, 0.4) is 0 Å². The molecule has 2 aliphatic heterocycles. The molecule has 2 aromatic rings. The largest absolute Gasteiger partial charge is 0.493 e. The number of carbonyl (C=O) groups is 2. The molecular weight excluding hydrogens is 470 g/mol. The first-order chi connectivity index (χ1) is 17.4. The molecule has 2 aliphatic rings. The van der Waals surface area contributed by atoms with E-state index in [1.54, 1.807) is 24.3 Å². The number of fused-ring (bicyclic) bond motifs is 1. The summed E-state index contributed by atoms with van der Waals surface area (Å²) in [7, 11) is 2.77. The number of aliphatic hydroxyl groups excluding tert-OH is 1. The quantitative estimate of drug-likeness (QED) is 0.435. The van der Waals surface area contributed by atoms with Crippen LogP contribution in [0.1, 0.15) is 24.3 Å². The van der Waals surface area contributed by atoms with Crippen molar-refractivity contribution in [2.45, 2.75) is 43.9 Å². The van der Waals surface area contributed by atoms with Crippen LogP contribution in [-0.4, -0.2) is 68.5 Å². The lowest BCUT2D eigenvalue weighted by Crippen LogP contribution is -2.67. The molecule has 1 amide bonds. The number of amides is 1. The third-order valence-electron chi connectivity index (χ3n) is 5.85. The minimum atomic E-state index is -1.14. The summed E-state index contributed by atoms with van der Waals surface area (Å²) in [5.41, 5.74) is 1.48. The molecule has 2 N–H and O–H groups in total. The van der Waals surface area contributed by atoms with Gasteiger partial charge in [0.2, 0.25) is 12.2 Å². The van der Waals surface area contributed by atoms with Gasteiger partial charge in [0, 0.05) is 18.6 Å². The fourth-order valence-electron chi connectivity index (χ4n) is 4.10. The lowest BCUT2D eigenvalue weighted by Gasteiger charge is -2.47. The molecule has 0 bridgehead atoms. The average molecular weight is 500 g/mol. The van der Waals surface area contributed by atoms with Crippen molar-refractivity contribution in [3.8, 4) is 11.5 Å². The van der Waals surface area contributed by atoms with Crippen molar-refractivity contribution in [2.24, 2.45) is 0 Å². The molecule has 4 rings (SSSR count). The molecule has 0 radical (unpaired) electrons. The molecule has 36 heavy (non-hydrogen) atoms. The van der Waals surface area contributed by atoms with Crippen molar-refractivity contribution in [3.05, 3.63) is 65.7 Å². The fraction of sp³-hybridized carbons (Fsp3) is 0.385. The molecular formula is C26H29NO9. The molecule has 2 fully saturated rings. The Bertz CT molecular complexity index is 1090. The van der Waals surface area contributed by atoms with E-state index in [0.29, 0.717) is 17.1 Å². The van der Waals surface area contributed by atoms with Crippen LogP contribution in [0.5, 0.6) is 11.5 Å². The Morgan fingerprint density at radius 2 is 1.86 bits per heavy atom. The van der Waals surface area contributed by atoms with E-state index in [4.69, 9.17) is 23.7 Å². The third kappa shape index (κ3) is 5.85. The summed E-state index contributed by atoms with van der Waals surface area (Å²) in [5.74, 6) is -0.169. The van der Waals surface area contributed by atoms with Crippen LogP contribution >= 0.6 is 0 Å². The minimum absolute atomic E-state index is 0.155. The number of nitrogens with one attached hydrogen (secondary N) is 1. The van der Waals surface area contributed by atoms with Gasteiger partial charge in [0.25, 0.3) is 0 Å². The van der Waals surface area contributed by atoms with E-state index in [9.17, 15) is 14.7 Å². The van der Waals surface area contributed by atoms with Crippen LogP contribution in [0.25, 0.3) is 6.08 Å². The van der Waals surface area contributed by atoms with Gasteiger partial charge in [0.1, 0.15) is 24.4 Å². The molecule has 10 heteroatoms. The van der Waals surface area contributed by atoms with Crippen LogP contribution in [-0.2, 0) is 28.5 Å². The average Bonchev–Trinajstić information content (AvgIpc) is 2.90. The van der Waals surface area contributed by atoms with Gasteiger partial charge in [0.05, 0.1) is 20.8 Å². The standard InChI is InChI=1S/C26H29NO9/c1-15(28)27-22-23(30)24-20(14-33-25(36-24)17-7-5-4-6-8-17)35-26(22)34-18-11-9-16(13-19(18)31-2)10-12-21(29)32-3/h4-13,20,22-26,30H,14H2,1-3H3,(H,27,28). The van der Waals surface area contributed by atoms with Crippen molar-refractivity contribution in [3.63, 3.8) is 0 Å². The van der Waals surface area contributed by atoms with Crippen LogP contribution < -0.4 is 14.8 Å². The molecule has 6 unspecified atom stereocenters. The summed E-state index contributed by atoms with van der Waals surface area (Å²) < 4.78 is 34.1. The van der Waals surface area contributed by atoms with E-state index < -0.39 is 42.9 Å². The van der Waals surface area contributed by atoms with Crippen LogP contribution in [0.4, 0.5) is 0 Å². The Morgan fingerprint density at radius 3 is 2.56 bits per heavy atom. The van der Waals surface area contributed by atoms with Crippen molar-refractivity contribution < 1.29 is 43.1 Å². The number of ether oxygens (including phenoxy) is 6. The smallest absolute Gasteiger partial charge is 0.330 e. The number of methoxy groups -OCH3 is 2. The van der Waals surface area contributed by atoms with E-state index in [2.05, 4.69) is 10.1 Å². The van der Waals surface area contributed by atoms with Crippen molar-refractivity contribution in [2.75, 3.05) is 20.8 Å². The predicted molar refractivity (Wildman–Crippen MR) is 127 cm³/mol. The Morgan fingerprint density at radius 1 is 1.08 bits per heavy atom. The van der Waals surface area contributed by atoms with Gasteiger partial charge in [-0.15, -0.1) is 0 Å². The Hall–Kier alpha value is -3.44. The SMILES string of the molecule is COC(=O)C=Cc1ccc(OC2OC3COC(c4ccccc4)OC3C(O)C2NC(C)=O)c(OC)c1. The highest BCUT2D eigenvalue weighted by molar-refractivity contribution is 5.87. The molecule has 10 nitrogen and oxygen atoms in total. The first-order valence-corrected chi connectivity index (χ1v) is 11.4. The molecule has 0 saturated carbocycles. The number of hydrogen-bond acceptors (Lipinski definition) is 9. The second kappa shape index (κ2) is 11.5. The van der Waals surface area contributed by atoms with E-state index in [0.717, 1.165) is 5.56 Å². The molecule has 2 heterocycles. The molecule has 2 saturated heterocycles. The van der Waals surface area contributed by atoms with Gasteiger partial charge in [-0.3, -0.25) is 4.79 Å². The fourth-order valence-corrected chi connectivity index (χ4v) is 4.10. The van der Waals surface area contributed by atoms with Gasteiger partial charge in [-0.2, -0.15) is 0 Å². The Labute approximate surface area is 208 Å². The van der Waals surface area contributed by atoms with Crippen molar-refractivity contribution in [1.82, 2.24) is 5.32 Å². The second-order valence-corrected chi connectivity index (χ2v) is 8.32. The van der Waals surface area contributed by atoms with E-state index >= 15 is 0 Å². The number of esters is 1. The summed E-state index contributed by atoms with van der Waals surface area (Å²) in [6, 6.07) is 13.5. The van der Waals surface area contributed by atoms with Crippen molar-refractivity contribution in [1.29, 1.82) is 0 Å². The second-order valence-electron chi connectivity index (χ2n) is 8.32. The molecule has 0 spiro atoms. The van der Waals surface area contributed by atoms with Crippen LogP contribution in [0.2, 0.25) is 0 Å². The van der Waals surface area contributed by atoms with Crippen LogP contribution in [0.15, 0.2) is 54.6 Å². The van der Waals surface area contributed by atoms with Crippen molar-refractivity contribution >= 4 is 18.0 Å². The van der Waals surface area contributed by atoms with Gasteiger partial charge in [-0.1, -0.05) is 36.4 Å². The van der Waals surface area contributed by atoms with E-state index in [1.807, 2.05) is 30.3 Å². The lowest BCUT2D eigenvalue weighted by molar-refractivity contribution is -0.333. The monoisotopic (exact) mass is 499 g/mol. The zero-order chi connectivity index (χ0) is 25.7. The Kier molecular flexibility index (Phi) is 8.21. The number of rotatable bonds is 7. The first kappa shape index (κ1) is 25.6. The maximum atomic E-state index is 12.0. The number of benzene rings is 2. The number of aliphatic hydroxyl groups is 1.